The van der Waals surface area contributed by atoms with E-state index in [1.165, 1.54) is 0 Å². The first-order chi connectivity index (χ1) is 8.39. The molecule has 0 saturated heterocycles. The third-order valence-corrected chi connectivity index (χ3v) is 4.41. The summed E-state index contributed by atoms with van der Waals surface area (Å²) >= 11 is 0. The highest BCUT2D eigenvalue weighted by Gasteiger charge is 2.26. The summed E-state index contributed by atoms with van der Waals surface area (Å²) in [7, 11) is -6.26. The lowest BCUT2D eigenvalue weighted by atomic mass is 10.5. The second-order valence-corrected chi connectivity index (χ2v) is 6.90. The minimum Gasteiger partial charge on any atom is -0.287 e. The molecule has 0 aliphatic heterocycles. The lowest BCUT2D eigenvalue weighted by molar-refractivity contribution is 0.117. The summed E-state index contributed by atoms with van der Waals surface area (Å²) in [5.41, 5.74) is 0. The van der Waals surface area contributed by atoms with E-state index in [-0.39, 0.29) is 19.8 Å². The molecule has 0 saturated carbocycles. The highest BCUT2D eigenvalue weighted by Crippen LogP contribution is 2.49. The molecule has 0 heterocycles. The first-order valence-electron chi connectivity index (χ1n) is 5.71. The zero-order valence-electron chi connectivity index (χ0n) is 11.0. The van der Waals surface area contributed by atoms with Gasteiger partial charge in [0.25, 0.3) is 10.1 Å². The van der Waals surface area contributed by atoms with Gasteiger partial charge >= 0.3 is 7.82 Å². The fourth-order valence-electron chi connectivity index (χ4n) is 0.852. The molecule has 0 unspecified atom stereocenters. The zero-order valence-corrected chi connectivity index (χ0v) is 12.7. The SMILES string of the molecule is CCCOP(=O)(OCCC)OCCS(=O)(=O)OC. The number of hydrogen-bond donors (Lipinski definition) is 0. The van der Waals surface area contributed by atoms with E-state index in [0.29, 0.717) is 12.8 Å². The number of phosphoric acid groups is 1. The summed E-state index contributed by atoms with van der Waals surface area (Å²) < 4.78 is 53.3. The highest BCUT2D eigenvalue weighted by atomic mass is 32.2. The van der Waals surface area contributed by atoms with E-state index in [2.05, 4.69) is 4.18 Å². The van der Waals surface area contributed by atoms with Gasteiger partial charge in [-0.25, -0.2) is 4.57 Å². The quantitative estimate of drug-likeness (QED) is 0.425. The molecule has 0 radical (unpaired) electrons. The van der Waals surface area contributed by atoms with Crippen LogP contribution in [-0.4, -0.2) is 41.1 Å². The topological polar surface area (TPSA) is 88.1 Å². The standard InChI is InChI=1S/C9H21O7PS/c1-4-6-14-17(10,15-7-5-2)16-8-9-18(11,12)13-3/h4-9H2,1-3H3. The predicted molar refractivity (Wildman–Crippen MR) is 66.8 cm³/mol. The van der Waals surface area contributed by atoms with Crippen LogP contribution < -0.4 is 0 Å². The van der Waals surface area contributed by atoms with Gasteiger partial charge in [0.1, 0.15) is 0 Å². The summed E-state index contributed by atoms with van der Waals surface area (Å²) in [6.45, 7) is 3.83. The lowest BCUT2D eigenvalue weighted by Crippen LogP contribution is -2.14. The molecule has 0 aliphatic carbocycles. The number of hydrogen-bond acceptors (Lipinski definition) is 7. The molecular formula is C9H21O7PS. The Morgan fingerprint density at radius 1 is 0.944 bits per heavy atom. The van der Waals surface area contributed by atoms with Crippen molar-refractivity contribution in [3.63, 3.8) is 0 Å². The van der Waals surface area contributed by atoms with Crippen LogP contribution in [0.1, 0.15) is 26.7 Å². The van der Waals surface area contributed by atoms with Gasteiger partial charge < -0.3 is 0 Å². The normalized spacial score (nSPS) is 12.8. The van der Waals surface area contributed by atoms with E-state index in [9.17, 15) is 13.0 Å². The maximum atomic E-state index is 12.0. The molecule has 18 heavy (non-hydrogen) atoms. The molecule has 0 aliphatic rings. The molecule has 0 aromatic carbocycles. The molecule has 0 aromatic heterocycles. The average Bonchev–Trinajstić information content (AvgIpc) is 2.34. The molecule has 0 rings (SSSR count). The van der Waals surface area contributed by atoms with Crippen LogP contribution in [0.5, 0.6) is 0 Å². The minimum absolute atomic E-state index is 0.220. The van der Waals surface area contributed by atoms with Crippen LogP contribution in [0.4, 0.5) is 0 Å². The minimum atomic E-state index is -3.67. The van der Waals surface area contributed by atoms with Gasteiger partial charge in [-0.1, -0.05) is 13.8 Å². The van der Waals surface area contributed by atoms with Gasteiger partial charge in [0, 0.05) is 0 Å². The van der Waals surface area contributed by atoms with Crippen LogP contribution in [0.3, 0.4) is 0 Å². The van der Waals surface area contributed by atoms with Crippen LogP contribution in [0.2, 0.25) is 0 Å². The Balaban J connectivity index is 4.28. The Labute approximate surface area is 108 Å². The van der Waals surface area contributed by atoms with Crippen LogP contribution in [0.15, 0.2) is 0 Å². The average molecular weight is 304 g/mol. The molecule has 0 N–H and O–H groups in total. The van der Waals surface area contributed by atoms with Crippen molar-refractivity contribution >= 4 is 17.9 Å². The highest BCUT2D eigenvalue weighted by molar-refractivity contribution is 7.86. The van der Waals surface area contributed by atoms with Crippen LogP contribution in [-0.2, 0) is 32.4 Å². The fourth-order valence-corrected chi connectivity index (χ4v) is 2.78. The van der Waals surface area contributed by atoms with Gasteiger partial charge in [-0.3, -0.25) is 17.8 Å². The van der Waals surface area contributed by atoms with Gasteiger partial charge in [-0.2, -0.15) is 8.42 Å². The van der Waals surface area contributed by atoms with Gasteiger partial charge in [0.05, 0.1) is 32.7 Å². The van der Waals surface area contributed by atoms with Gasteiger partial charge in [-0.15, -0.1) is 0 Å². The Hall–Kier alpha value is 0.0200. The second-order valence-electron chi connectivity index (χ2n) is 3.38. The molecule has 110 valence electrons. The number of rotatable bonds is 11. The third kappa shape index (κ3) is 8.18. The van der Waals surface area contributed by atoms with Crippen molar-refractivity contribution in [2.75, 3.05) is 32.7 Å². The summed E-state index contributed by atoms with van der Waals surface area (Å²) in [4.78, 5) is 0. The molecule has 0 bridgehead atoms. The van der Waals surface area contributed by atoms with E-state index in [1.807, 2.05) is 13.8 Å². The van der Waals surface area contributed by atoms with Gasteiger partial charge in [-0.05, 0) is 12.8 Å². The van der Waals surface area contributed by atoms with Crippen molar-refractivity contribution in [2.45, 2.75) is 26.7 Å². The molecule has 0 atom stereocenters. The predicted octanol–water partition coefficient (Wildman–Crippen LogP) is 1.94. The second kappa shape index (κ2) is 9.01. The first-order valence-corrected chi connectivity index (χ1v) is 8.75. The van der Waals surface area contributed by atoms with Gasteiger partial charge in [0.15, 0.2) is 0 Å². The molecule has 0 amide bonds. The molecule has 7 nitrogen and oxygen atoms in total. The monoisotopic (exact) mass is 304 g/mol. The summed E-state index contributed by atoms with van der Waals surface area (Å²) in [6.07, 6.45) is 1.30. The van der Waals surface area contributed by atoms with E-state index < -0.39 is 23.7 Å². The van der Waals surface area contributed by atoms with E-state index >= 15 is 0 Å². The smallest absolute Gasteiger partial charge is 0.287 e. The van der Waals surface area contributed by atoms with E-state index in [1.54, 1.807) is 0 Å². The van der Waals surface area contributed by atoms with Crippen LogP contribution in [0, 0.1) is 0 Å². The Kier molecular flexibility index (Phi) is 9.02. The van der Waals surface area contributed by atoms with Crippen molar-refractivity contribution in [3.8, 4) is 0 Å². The van der Waals surface area contributed by atoms with Crippen molar-refractivity contribution in [2.24, 2.45) is 0 Å². The zero-order chi connectivity index (χ0) is 14.1. The van der Waals surface area contributed by atoms with E-state index in [0.717, 1.165) is 7.11 Å². The van der Waals surface area contributed by atoms with Crippen LogP contribution in [0.25, 0.3) is 0 Å². The van der Waals surface area contributed by atoms with Crippen molar-refractivity contribution in [3.05, 3.63) is 0 Å². The van der Waals surface area contributed by atoms with E-state index in [4.69, 9.17) is 13.6 Å². The Bertz CT molecular complexity index is 342. The molecular weight excluding hydrogens is 283 g/mol. The Morgan fingerprint density at radius 2 is 1.39 bits per heavy atom. The maximum Gasteiger partial charge on any atom is 0.474 e. The number of phosphoric ester groups is 1. The summed E-state index contributed by atoms with van der Waals surface area (Å²) in [5, 5.41) is 0. The Morgan fingerprint density at radius 3 is 1.78 bits per heavy atom. The molecule has 9 heteroatoms. The fraction of sp³-hybridized carbons (Fsp3) is 1.00. The molecule has 0 fully saturated rings. The first kappa shape index (κ1) is 18.0. The van der Waals surface area contributed by atoms with Gasteiger partial charge in [0.2, 0.25) is 0 Å². The summed E-state index contributed by atoms with van der Waals surface area (Å²) in [6, 6.07) is 0. The maximum absolute atomic E-state index is 12.0. The third-order valence-electron chi connectivity index (χ3n) is 1.74. The van der Waals surface area contributed by atoms with Crippen molar-refractivity contribution < 1.29 is 30.7 Å². The van der Waals surface area contributed by atoms with Crippen molar-refractivity contribution in [1.29, 1.82) is 0 Å². The largest absolute Gasteiger partial charge is 0.474 e. The molecule has 0 aromatic rings. The molecule has 0 spiro atoms. The lowest BCUT2D eigenvalue weighted by Gasteiger charge is -2.17. The van der Waals surface area contributed by atoms with Crippen molar-refractivity contribution in [1.82, 2.24) is 0 Å². The van der Waals surface area contributed by atoms with Crippen LogP contribution >= 0.6 is 7.82 Å². The summed E-state index contributed by atoms with van der Waals surface area (Å²) in [5.74, 6) is -0.404.